The topological polar surface area (TPSA) is 46.1 Å². The fourth-order valence-electron chi connectivity index (χ4n) is 2.81. The van der Waals surface area contributed by atoms with Crippen LogP contribution in [0.3, 0.4) is 0 Å². The largest absolute Gasteiger partial charge is 0.306 e. The lowest BCUT2D eigenvalue weighted by Crippen LogP contribution is -2.31. The molecule has 0 saturated carbocycles. The zero-order chi connectivity index (χ0) is 17.2. The van der Waals surface area contributed by atoms with Gasteiger partial charge in [0.2, 0.25) is 0 Å². The van der Waals surface area contributed by atoms with Crippen molar-refractivity contribution in [2.24, 2.45) is 0 Å². The summed E-state index contributed by atoms with van der Waals surface area (Å²) >= 11 is 3.23. The number of rotatable bonds is 2. The molecule has 1 atom stereocenters. The maximum atomic E-state index is 13.1. The lowest BCUT2D eigenvalue weighted by Gasteiger charge is -2.21. The number of carbonyl (C=O) groups is 1. The predicted octanol–water partition coefficient (Wildman–Crippen LogP) is 4.74. The number of benzene rings is 1. The third kappa shape index (κ3) is 3.32. The summed E-state index contributed by atoms with van der Waals surface area (Å²) in [5.41, 5.74) is 1.79. The van der Waals surface area contributed by atoms with Gasteiger partial charge < -0.3 is 4.90 Å². The summed E-state index contributed by atoms with van der Waals surface area (Å²) in [5.74, 6) is 0.0156. The summed E-state index contributed by atoms with van der Waals surface area (Å²) in [5, 5.41) is 1.26. The molecule has 0 spiro atoms. The molecule has 4 rings (SSSR count). The van der Waals surface area contributed by atoms with Crippen LogP contribution in [0.2, 0.25) is 0 Å². The van der Waals surface area contributed by atoms with E-state index in [0.717, 1.165) is 34.2 Å². The monoisotopic (exact) mass is 367 g/mol. The first-order valence-corrected chi connectivity index (χ1v) is 9.87. The highest BCUT2D eigenvalue weighted by atomic mass is 32.2. The van der Waals surface area contributed by atoms with E-state index in [1.165, 1.54) is 11.3 Å². The van der Waals surface area contributed by atoms with Gasteiger partial charge in [0.05, 0.1) is 17.6 Å². The average molecular weight is 367 g/mol. The van der Waals surface area contributed by atoms with Crippen molar-refractivity contribution in [2.75, 3.05) is 11.4 Å². The minimum Gasteiger partial charge on any atom is -0.306 e. The highest BCUT2D eigenvalue weighted by Crippen LogP contribution is 2.38. The standard InChI is InChI=1S/C19H17N3OS2/c1-13-9-11-22(15-7-2-3-8-16(15)24-13)19(23)17-12-21-18(25-17)14-6-4-5-10-20-14/h2-8,10,12-13H,9,11H2,1H3/t13-/m1/s1. The first-order chi connectivity index (χ1) is 12.2. The number of thiazole rings is 1. The summed E-state index contributed by atoms with van der Waals surface area (Å²) in [4.78, 5) is 25.5. The molecule has 0 N–H and O–H groups in total. The van der Waals surface area contributed by atoms with Gasteiger partial charge >= 0.3 is 0 Å². The number of fused-ring (bicyclic) bond motifs is 1. The molecule has 3 heterocycles. The fraction of sp³-hybridized carbons (Fsp3) is 0.211. The van der Waals surface area contributed by atoms with Crippen LogP contribution in [0.5, 0.6) is 0 Å². The number of aromatic nitrogens is 2. The molecule has 126 valence electrons. The van der Waals surface area contributed by atoms with Gasteiger partial charge in [0.1, 0.15) is 9.88 Å². The van der Waals surface area contributed by atoms with Gasteiger partial charge in [0, 0.05) is 22.9 Å². The van der Waals surface area contributed by atoms with E-state index in [4.69, 9.17) is 0 Å². The summed E-state index contributed by atoms with van der Waals surface area (Å²) in [6.07, 6.45) is 4.37. The summed E-state index contributed by atoms with van der Waals surface area (Å²) in [6.45, 7) is 2.93. The van der Waals surface area contributed by atoms with Crippen LogP contribution in [0.25, 0.3) is 10.7 Å². The second-order valence-electron chi connectivity index (χ2n) is 5.89. The number of anilines is 1. The molecular formula is C19H17N3OS2. The molecule has 1 amide bonds. The molecule has 0 saturated heterocycles. The van der Waals surface area contributed by atoms with Crippen molar-refractivity contribution in [2.45, 2.75) is 23.5 Å². The van der Waals surface area contributed by atoms with Crippen molar-refractivity contribution in [3.8, 4) is 10.7 Å². The van der Waals surface area contributed by atoms with Crippen molar-refractivity contribution in [3.05, 3.63) is 59.7 Å². The van der Waals surface area contributed by atoms with Crippen LogP contribution in [-0.4, -0.2) is 27.7 Å². The van der Waals surface area contributed by atoms with Gasteiger partial charge in [-0.2, -0.15) is 0 Å². The van der Waals surface area contributed by atoms with E-state index in [1.807, 2.05) is 53.1 Å². The van der Waals surface area contributed by atoms with Crippen molar-refractivity contribution in [3.63, 3.8) is 0 Å². The molecule has 0 radical (unpaired) electrons. The molecule has 0 bridgehead atoms. The Morgan fingerprint density at radius 1 is 1.16 bits per heavy atom. The minimum absolute atomic E-state index is 0.0156. The molecule has 25 heavy (non-hydrogen) atoms. The molecule has 0 aliphatic carbocycles. The maximum Gasteiger partial charge on any atom is 0.270 e. The van der Waals surface area contributed by atoms with Gasteiger partial charge in [-0.15, -0.1) is 23.1 Å². The first kappa shape index (κ1) is 16.3. The molecule has 6 heteroatoms. The van der Waals surface area contributed by atoms with E-state index in [2.05, 4.69) is 23.0 Å². The molecule has 2 aromatic heterocycles. The van der Waals surface area contributed by atoms with Gasteiger partial charge in [0.25, 0.3) is 5.91 Å². The van der Waals surface area contributed by atoms with Crippen molar-refractivity contribution >= 4 is 34.7 Å². The summed E-state index contributed by atoms with van der Waals surface area (Å²) in [6, 6.07) is 13.8. The number of hydrogen-bond acceptors (Lipinski definition) is 5. The third-order valence-corrected chi connectivity index (χ3v) is 6.33. The highest BCUT2D eigenvalue weighted by molar-refractivity contribution is 8.00. The summed E-state index contributed by atoms with van der Waals surface area (Å²) < 4.78 is 0. The van der Waals surface area contributed by atoms with Gasteiger partial charge in [-0.1, -0.05) is 25.1 Å². The van der Waals surface area contributed by atoms with Crippen molar-refractivity contribution in [1.82, 2.24) is 9.97 Å². The fourth-order valence-corrected chi connectivity index (χ4v) is 4.77. The first-order valence-electron chi connectivity index (χ1n) is 8.17. The molecule has 4 nitrogen and oxygen atoms in total. The molecule has 1 aromatic carbocycles. The number of carbonyl (C=O) groups excluding carboxylic acids is 1. The predicted molar refractivity (Wildman–Crippen MR) is 103 cm³/mol. The summed E-state index contributed by atoms with van der Waals surface area (Å²) in [7, 11) is 0. The third-order valence-electron chi connectivity index (χ3n) is 4.09. The molecular weight excluding hydrogens is 350 g/mol. The second-order valence-corrected chi connectivity index (χ2v) is 8.40. The Balaban J connectivity index is 1.66. The van der Waals surface area contributed by atoms with Crippen LogP contribution >= 0.6 is 23.1 Å². The number of para-hydroxylation sites is 1. The van der Waals surface area contributed by atoms with Crippen LogP contribution in [0.15, 0.2) is 59.8 Å². The van der Waals surface area contributed by atoms with Crippen LogP contribution in [0, 0.1) is 0 Å². The second kappa shape index (κ2) is 6.98. The Bertz CT molecular complexity index is 894. The van der Waals surface area contributed by atoms with Crippen LogP contribution in [0.1, 0.15) is 23.0 Å². The Morgan fingerprint density at radius 3 is 2.84 bits per heavy atom. The van der Waals surface area contributed by atoms with E-state index >= 15 is 0 Å². The van der Waals surface area contributed by atoms with Crippen LogP contribution in [0.4, 0.5) is 5.69 Å². The maximum absolute atomic E-state index is 13.1. The number of nitrogens with zero attached hydrogens (tertiary/aromatic N) is 3. The van der Waals surface area contributed by atoms with E-state index in [9.17, 15) is 4.79 Å². The minimum atomic E-state index is 0.0156. The quantitative estimate of drug-likeness (QED) is 0.656. The van der Waals surface area contributed by atoms with Crippen molar-refractivity contribution in [1.29, 1.82) is 0 Å². The zero-order valence-corrected chi connectivity index (χ0v) is 15.4. The lowest BCUT2D eigenvalue weighted by atomic mass is 10.2. The molecule has 3 aromatic rings. The lowest BCUT2D eigenvalue weighted by molar-refractivity contribution is 0.0990. The van der Waals surface area contributed by atoms with Gasteiger partial charge in [-0.3, -0.25) is 9.78 Å². The van der Waals surface area contributed by atoms with E-state index < -0.39 is 0 Å². The highest BCUT2D eigenvalue weighted by Gasteiger charge is 2.26. The Morgan fingerprint density at radius 2 is 2.00 bits per heavy atom. The number of pyridine rings is 1. The van der Waals surface area contributed by atoms with Gasteiger partial charge in [-0.05, 0) is 30.7 Å². The molecule has 1 aliphatic rings. The van der Waals surface area contributed by atoms with Gasteiger partial charge in [-0.25, -0.2) is 4.98 Å². The Kier molecular flexibility index (Phi) is 4.55. The Labute approximate surface area is 154 Å². The average Bonchev–Trinajstić information content (AvgIpc) is 3.07. The van der Waals surface area contributed by atoms with E-state index in [1.54, 1.807) is 12.4 Å². The van der Waals surface area contributed by atoms with E-state index in [0.29, 0.717) is 10.1 Å². The number of amides is 1. The molecule has 0 fully saturated rings. The number of thioether (sulfide) groups is 1. The Hall–Kier alpha value is -2.18. The molecule has 0 unspecified atom stereocenters. The zero-order valence-electron chi connectivity index (χ0n) is 13.8. The smallest absolute Gasteiger partial charge is 0.270 e. The van der Waals surface area contributed by atoms with Crippen LogP contribution in [-0.2, 0) is 0 Å². The normalized spacial score (nSPS) is 17.0. The molecule has 1 aliphatic heterocycles. The number of hydrogen-bond donors (Lipinski definition) is 0. The SMILES string of the molecule is C[C@@H]1CCN(C(=O)c2cnc(-c3ccccn3)s2)c2ccccc2S1. The van der Waals surface area contributed by atoms with E-state index in [-0.39, 0.29) is 5.91 Å². The van der Waals surface area contributed by atoms with Crippen LogP contribution < -0.4 is 4.90 Å². The van der Waals surface area contributed by atoms with Crippen molar-refractivity contribution < 1.29 is 4.79 Å². The van der Waals surface area contributed by atoms with Gasteiger partial charge in [0.15, 0.2) is 0 Å².